The van der Waals surface area contributed by atoms with E-state index in [0.717, 1.165) is 17.0 Å². The summed E-state index contributed by atoms with van der Waals surface area (Å²) in [7, 11) is 0. The molecule has 1 unspecified atom stereocenters. The topological polar surface area (TPSA) is 38.0 Å². The Labute approximate surface area is 119 Å². The molecule has 1 atom stereocenters. The minimum atomic E-state index is 0.0681. The first-order valence-corrected chi connectivity index (χ1v) is 6.75. The fraction of sp³-hybridized carbons (Fsp3) is 0.250. The Morgan fingerprint density at radius 2 is 1.74 bits per heavy atom. The summed E-state index contributed by atoms with van der Waals surface area (Å²) in [6, 6.07) is 14.4. The smallest absolute Gasteiger partial charge is 0.0501 e. The Balaban J connectivity index is 2.28. The molecule has 0 aromatic heterocycles. The van der Waals surface area contributed by atoms with Crippen molar-refractivity contribution in [3.05, 3.63) is 69.7 Å². The minimum absolute atomic E-state index is 0.0681. The molecule has 3 heteroatoms. The molecule has 0 aliphatic heterocycles. The molecule has 0 aliphatic carbocycles. The molecule has 3 N–H and O–H groups in total. The van der Waals surface area contributed by atoms with E-state index in [0.29, 0.717) is 0 Å². The molecule has 19 heavy (non-hydrogen) atoms. The van der Waals surface area contributed by atoms with E-state index >= 15 is 0 Å². The van der Waals surface area contributed by atoms with Gasteiger partial charge in [0.05, 0.1) is 6.04 Å². The van der Waals surface area contributed by atoms with Crippen LogP contribution in [0.5, 0.6) is 0 Å². The lowest BCUT2D eigenvalue weighted by molar-refractivity contribution is 0.551. The zero-order chi connectivity index (χ0) is 13.8. The summed E-state index contributed by atoms with van der Waals surface area (Å²) in [6.45, 7) is 4.19. The van der Waals surface area contributed by atoms with Crippen molar-refractivity contribution in [3.63, 3.8) is 0 Å². The molecule has 0 fully saturated rings. The Morgan fingerprint density at radius 3 is 2.32 bits per heavy atom. The van der Waals surface area contributed by atoms with E-state index in [1.165, 1.54) is 16.7 Å². The third kappa shape index (κ3) is 3.57. The van der Waals surface area contributed by atoms with Crippen molar-refractivity contribution in [2.45, 2.75) is 26.3 Å². The first-order valence-electron chi connectivity index (χ1n) is 6.38. The molecular weight excluding hydrogens is 256 g/mol. The van der Waals surface area contributed by atoms with Gasteiger partial charge in [-0.05, 0) is 37.5 Å². The largest absolute Gasteiger partial charge is 0.271 e. The second kappa shape index (κ2) is 6.20. The number of hydrogen-bond donors (Lipinski definition) is 2. The van der Waals surface area contributed by atoms with E-state index in [4.69, 9.17) is 17.4 Å². The number of rotatable bonds is 4. The maximum absolute atomic E-state index is 6.21. The summed E-state index contributed by atoms with van der Waals surface area (Å²) in [5.74, 6) is 5.71. The van der Waals surface area contributed by atoms with Crippen molar-refractivity contribution in [2.75, 3.05) is 0 Å². The predicted molar refractivity (Wildman–Crippen MR) is 81.1 cm³/mol. The number of hydrazine groups is 1. The van der Waals surface area contributed by atoms with Gasteiger partial charge in [-0.3, -0.25) is 11.3 Å². The summed E-state index contributed by atoms with van der Waals surface area (Å²) in [4.78, 5) is 0. The summed E-state index contributed by atoms with van der Waals surface area (Å²) in [6.07, 6.45) is 0.777. The molecule has 0 bridgehead atoms. The number of aryl methyl sites for hydroxylation is 2. The molecular formula is C16H19ClN2. The summed E-state index contributed by atoms with van der Waals surface area (Å²) < 4.78 is 0. The summed E-state index contributed by atoms with van der Waals surface area (Å²) in [5, 5.41) is 0.784. The molecule has 2 aromatic rings. The van der Waals surface area contributed by atoms with E-state index < -0.39 is 0 Å². The van der Waals surface area contributed by atoms with Gasteiger partial charge in [-0.1, -0.05) is 59.1 Å². The summed E-state index contributed by atoms with van der Waals surface area (Å²) >= 11 is 6.21. The number of benzene rings is 2. The maximum Gasteiger partial charge on any atom is 0.0501 e. The molecule has 0 radical (unpaired) electrons. The lowest BCUT2D eigenvalue weighted by Gasteiger charge is -2.18. The first-order chi connectivity index (χ1) is 9.10. The van der Waals surface area contributed by atoms with Crippen LogP contribution in [-0.4, -0.2) is 0 Å². The molecule has 2 rings (SSSR count). The van der Waals surface area contributed by atoms with Gasteiger partial charge in [0.25, 0.3) is 0 Å². The number of nitrogens with two attached hydrogens (primary N) is 1. The number of nitrogens with one attached hydrogen (secondary N) is 1. The van der Waals surface area contributed by atoms with E-state index in [1.807, 2.05) is 24.3 Å². The monoisotopic (exact) mass is 274 g/mol. The van der Waals surface area contributed by atoms with Crippen molar-refractivity contribution in [2.24, 2.45) is 5.84 Å². The van der Waals surface area contributed by atoms with Crippen LogP contribution in [0.2, 0.25) is 5.02 Å². The molecule has 100 valence electrons. The van der Waals surface area contributed by atoms with Crippen LogP contribution in [0.25, 0.3) is 0 Å². The average Bonchev–Trinajstić information content (AvgIpc) is 2.36. The van der Waals surface area contributed by atoms with Crippen LogP contribution in [0.15, 0.2) is 42.5 Å². The highest BCUT2D eigenvalue weighted by atomic mass is 35.5. The standard InChI is InChI=1S/C16H19ClN2/c1-11-7-12(2)9-14(8-11)16(19-18)10-13-5-3-4-6-15(13)17/h3-9,16,19H,10,18H2,1-2H3. The van der Waals surface area contributed by atoms with Crippen LogP contribution in [0.3, 0.4) is 0 Å². The van der Waals surface area contributed by atoms with Gasteiger partial charge in [-0.2, -0.15) is 0 Å². The van der Waals surface area contributed by atoms with Gasteiger partial charge in [0.1, 0.15) is 0 Å². The average molecular weight is 275 g/mol. The van der Waals surface area contributed by atoms with E-state index in [-0.39, 0.29) is 6.04 Å². The number of halogens is 1. The van der Waals surface area contributed by atoms with Crippen LogP contribution in [0, 0.1) is 13.8 Å². The quantitative estimate of drug-likeness (QED) is 0.659. The van der Waals surface area contributed by atoms with E-state index in [2.05, 4.69) is 37.5 Å². The lowest BCUT2D eigenvalue weighted by Crippen LogP contribution is -2.29. The van der Waals surface area contributed by atoms with Gasteiger partial charge in [0.15, 0.2) is 0 Å². The molecule has 2 aromatic carbocycles. The molecule has 0 spiro atoms. The Bertz CT molecular complexity index is 546. The third-order valence-corrected chi connectivity index (χ3v) is 3.60. The first kappa shape index (κ1) is 14.1. The lowest BCUT2D eigenvalue weighted by atomic mass is 9.96. The Hall–Kier alpha value is -1.35. The van der Waals surface area contributed by atoms with Crippen LogP contribution < -0.4 is 11.3 Å². The zero-order valence-electron chi connectivity index (χ0n) is 11.3. The van der Waals surface area contributed by atoms with Crippen molar-refractivity contribution in [1.29, 1.82) is 0 Å². The van der Waals surface area contributed by atoms with E-state index in [1.54, 1.807) is 0 Å². The van der Waals surface area contributed by atoms with Crippen molar-refractivity contribution < 1.29 is 0 Å². The van der Waals surface area contributed by atoms with Crippen molar-refractivity contribution >= 4 is 11.6 Å². The van der Waals surface area contributed by atoms with Gasteiger partial charge in [0.2, 0.25) is 0 Å². The molecule has 0 saturated carbocycles. The van der Waals surface area contributed by atoms with Gasteiger partial charge < -0.3 is 0 Å². The molecule has 0 heterocycles. The SMILES string of the molecule is Cc1cc(C)cc(C(Cc2ccccc2Cl)NN)c1. The maximum atomic E-state index is 6.21. The van der Waals surface area contributed by atoms with Gasteiger partial charge in [-0.25, -0.2) is 0 Å². The fourth-order valence-electron chi connectivity index (χ4n) is 2.37. The molecule has 0 aliphatic rings. The normalized spacial score (nSPS) is 12.4. The zero-order valence-corrected chi connectivity index (χ0v) is 12.0. The van der Waals surface area contributed by atoms with Crippen molar-refractivity contribution in [3.8, 4) is 0 Å². The van der Waals surface area contributed by atoms with Gasteiger partial charge in [0, 0.05) is 5.02 Å². The highest BCUT2D eigenvalue weighted by Crippen LogP contribution is 2.24. The Kier molecular flexibility index (Phi) is 4.59. The molecule has 0 saturated heterocycles. The minimum Gasteiger partial charge on any atom is -0.271 e. The number of hydrogen-bond acceptors (Lipinski definition) is 2. The second-order valence-electron chi connectivity index (χ2n) is 4.94. The highest BCUT2D eigenvalue weighted by Gasteiger charge is 2.13. The van der Waals surface area contributed by atoms with Crippen LogP contribution in [0.4, 0.5) is 0 Å². The predicted octanol–water partition coefficient (Wildman–Crippen LogP) is 3.70. The molecule has 0 amide bonds. The van der Waals surface area contributed by atoms with Crippen molar-refractivity contribution in [1.82, 2.24) is 5.43 Å². The van der Waals surface area contributed by atoms with Crippen LogP contribution in [-0.2, 0) is 6.42 Å². The molecule has 2 nitrogen and oxygen atoms in total. The third-order valence-electron chi connectivity index (χ3n) is 3.23. The van der Waals surface area contributed by atoms with Crippen LogP contribution in [0.1, 0.15) is 28.3 Å². The second-order valence-corrected chi connectivity index (χ2v) is 5.34. The fourth-order valence-corrected chi connectivity index (χ4v) is 2.58. The highest BCUT2D eigenvalue weighted by molar-refractivity contribution is 6.31. The van der Waals surface area contributed by atoms with Gasteiger partial charge in [-0.15, -0.1) is 0 Å². The van der Waals surface area contributed by atoms with E-state index in [9.17, 15) is 0 Å². The van der Waals surface area contributed by atoms with Gasteiger partial charge >= 0.3 is 0 Å². The van der Waals surface area contributed by atoms with Crippen LogP contribution >= 0.6 is 11.6 Å². The summed E-state index contributed by atoms with van der Waals surface area (Å²) in [5.41, 5.74) is 7.68. The Morgan fingerprint density at radius 1 is 1.11 bits per heavy atom.